The minimum atomic E-state index is -0.411. The molecular weight excluding hydrogens is 418 g/mol. The molecule has 0 aliphatic rings. The summed E-state index contributed by atoms with van der Waals surface area (Å²) in [5.74, 6) is 0.519. The van der Waals surface area contributed by atoms with Gasteiger partial charge in [0.15, 0.2) is 0 Å². The SMILES string of the molecule is C#C.C=CC.C=CC(C)CCS/C(NC(=O)c1cccc(C)c1)=C(\CC)C(=O)OC.CC. The maximum absolute atomic E-state index is 12.6. The Labute approximate surface area is 200 Å². The third-order valence-corrected chi connectivity index (χ3v) is 4.87. The van der Waals surface area contributed by atoms with Crippen molar-refractivity contribution in [1.82, 2.24) is 5.32 Å². The zero-order valence-electron chi connectivity index (χ0n) is 20.9. The largest absolute Gasteiger partial charge is 0.466 e. The second-order valence-corrected chi connectivity index (χ2v) is 7.34. The summed E-state index contributed by atoms with van der Waals surface area (Å²) in [5, 5.41) is 3.46. The Morgan fingerprint density at radius 3 is 2.25 bits per heavy atom. The van der Waals surface area contributed by atoms with E-state index in [1.54, 1.807) is 12.1 Å². The zero-order chi connectivity index (χ0) is 25.5. The first-order valence-corrected chi connectivity index (χ1v) is 11.7. The minimum Gasteiger partial charge on any atom is -0.466 e. The Hall–Kier alpha value is -2.71. The lowest BCUT2D eigenvalue weighted by Gasteiger charge is -2.15. The molecule has 1 atom stereocenters. The number of hydrogen-bond donors (Lipinski definition) is 1. The van der Waals surface area contributed by atoms with Crippen molar-refractivity contribution in [1.29, 1.82) is 0 Å². The van der Waals surface area contributed by atoms with Crippen LogP contribution in [0.2, 0.25) is 0 Å². The summed E-state index contributed by atoms with van der Waals surface area (Å²) in [7, 11) is 1.35. The first-order chi connectivity index (χ1) is 15.3. The van der Waals surface area contributed by atoms with Crippen LogP contribution in [-0.2, 0) is 9.53 Å². The van der Waals surface area contributed by atoms with Crippen LogP contribution in [0, 0.1) is 25.7 Å². The Bertz CT molecular complexity index is 735. The van der Waals surface area contributed by atoms with Gasteiger partial charge in [-0.1, -0.05) is 57.5 Å². The number of hydrogen-bond acceptors (Lipinski definition) is 4. The highest BCUT2D eigenvalue weighted by molar-refractivity contribution is 8.03. The molecule has 0 aromatic heterocycles. The molecule has 1 unspecified atom stereocenters. The van der Waals surface area contributed by atoms with E-state index in [1.165, 1.54) is 18.9 Å². The van der Waals surface area contributed by atoms with Gasteiger partial charge in [0, 0.05) is 5.56 Å². The van der Waals surface area contributed by atoms with Crippen LogP contribution >= 0.6 is 11.8 Å². The van der Waals surface area contributed by atoms with E-state index in [2.05, 4.69) is 38.2 Å². The molecule has 0 spiro atoms. The molecule has 0 bridgehead atoms. The number of carbonyl (C=O) groups excluding carboxylic acids is 2. The molecule has 0 heterocycles. The molecule has 0 saturated heterocycles. The van der Waals surface area contributed by atoms with E-state index in [0.29, 0.717) is 28.5 Å². The quantitative estimate of drug-likeness (QED) is 0.188. The zero-order valence-corrected chi connectivity index (χ0v) is 21.7. The van der Waals surface area contributed by atoms with Crippen LogP contribution in [-0.4, -0.2) is 24.7 Å². The first-order valence-electron chi connectivity index (χ1n) is 10.7. The van der Waals surface area contributed by atoms with E-state index in [4.69, 9.17) is 4.74 Å². The van der Waals surface area contributed by atoms with E-state index in [-0.39, 0.29) is 5.91 Å². The fourth-order valence-electron chi connectivity index (χ4n) is 2.15. The highest BCUT2D eigenvalue weighted by Crippen LogP contribution is 2.23. The number of thioether (sulfide) groups is 1. The molecule has 1 aromatic rings. The van der Waals surface area contributed by atoms with Crippen molar-refractivity contribution < 1.29 is 14.3 Å². The number of benzene rings is 1. The van der Waals surface area contributed by atoms with Crippen molar-refractivity contribution in [2.45, 2.75) is 54.4 Å². The third-order valence-electron chi connectivity index (χ3n) is 3.79. The summed E-state index contributed by atoms with van der Waals surface area (Å²) >= 11 is 1.47. The van der Waals surface area contributed by atoms with E-state index in [9.17, 15) is 9.59 Å². The number of terminal acetylenes is 1. The predicted octanol–water partition coefficient (Wildman–Crippen LogP) is 6.93. The lowest BCUT2D eigenvalue weighted by atomic mass is 10.1. The number of allylic oxidation sites excluding steroid dienone is 2. The smallest absolute Gasteiger partial charge is 0.336 e. The number of aryl methyl sites for hydroxylation is 1. The average molecular weight is 460 g/mol. The molecule has 4 nitrogen and oxygen atoms in total. The van der Waals surface area contributed by atoms with Gasteiger partial charge in [0.25, 0.3) is 5.91 Å². The van der Waals surface area contributed by atoms with Gasteiger partial charge in [0.05, 0.1) is 17.7 Å². The van der Waals surface area contributed by atoms with E-state index in [1.807, 2.05) is 58.9 Å². The maximum atomic E-state index is 12.6. The lowest BCUT2D eigenvalue weighted by molar-refractivity contribution is -0.136. The number of nitrogens with one attached hydrogen (secondary N) is 1. The number of carbonyl (C=O) groups is 2. The fourth-order valence-corrected chi connectivity index (χ4v) is 3.41. The monoisotopic (exact) mass is 459 g/mol. The molecule has 1 aromatic carbocycles. The third kappa shape index (κ3) is 15.1. The second-order valence-electron chi connectivity index (χ2n) is 6.23. The summed E-state index contributed by atoms with van der Waals surface area (Å²) in [5.41, 5.74) is 2.06. The van der Waals surface area contributed by atoms with Crippen LogP contribution in [0.3, 0.4) is 0 Å². The first kappa shape index (κ1) is 33.9. The van der Waals surface area contributed by atoms with Crippen molar-refractivity contribution in [3.05, 3.63) is 71.3 Å². The van der Waals surface area contributed by atoms with Gasteiger partial charge >= 0.3 is 5.97 Å². The van der Waals surface area contributed by atoms with Crippen LogP contribution in [0.4, 0.5) is 0 Å². The molecule has 5 heteroatoms. The van der Waals surface area contributed by atoms with Crippen LogP contribution in [0.1, 0.15) is 63.4 Å². The normalized spacial score (nSPS) is 10.7. The fraction of sp³-hybridized carbons (Fsp3) is 0.407. The molecule has 1 amide bonds. The van der Waals surface area contributed by atoms with Gasteiger partial charge in [0.2, 0.25) is 0 Å². The van der Waals surface area contributed by atoms with Crippen molar-refractivity contribution >= 4 is 23.6 Å². The van der Waals surface area contributed by atoms with Crippen LogP contribution in [0.25, 0.3) is 0 Å². The van der Waals surface area contributed by atoms with Gasteiger partial charge in [0.1, 0.15) is 0 Å². The number of rotatable bonds is 9. The van der Waals surface area contributed by atoms with E-state index >= 15 is 0 Å². The maximum Gasteiger partial charge on any atom is 0.336 e. The molecule has 0 saturated carbocycles. The predicted molar refractivity (Wildman–Crippen MR) is 142 cm³/mol. The molecule has 0 aliphatic carbocycles. The number of methoxy groups -OCH3 is 1. The highest BCUT2D eigenvalue weighted by atomic mass is 32.2. The Morgan fingerprint density at radius 2 is 1.81 bits per heavy atom. The van der Waals surface area contributed by atoms with Gasteiger partial charge in [-0.25, -0.2) is 4.79 Å². The lowest BCUT2D eigenvalue weighted by Crippen LogP contribution is -2.25. The second kappa shape index (κ2) is 23.0. The average Bonchev–Trinajstić information content (AvgIpc) is 2.82. The minimum absolute atomic E-state index is 0.224. The topological polar surface area (TPSA) is 55.4 Å². The van der Waals surface area contributed by atoms with Crippen LogP contribution < -0.4 is 5.32 Å². The molecule has 0 fully saturated rings. The van der Waals surface area contributed by atoms with Crippen molar-refractivity contribution in [3.63, 3.8) is 0 Å². The van der Waals surface area contributed by atoms with Gasteiger partial charge < -0.3 is 10.1 Å². The number of ether oxygens (including phenoxy) is 1. The Balaban J connectivity index is -0.00000108. The van der Waals surface area contributed by atoms with E-state index in [0.717, 1.165) is 17.7 Å². The number of esters is 1. The van der Waals surface area contributed by atoms with Gasteiger partial charge in [-0.3, -0.25) is 4.79 Å². The summed E-state index contributed by atoms with van der Waals surface area (Å²) < 4.78 is 4.86. The van der Waals surface area contributed by atoms with Crippen LogP contribution in [0.5, 0.6) is 0 Å². The van der Waals surface area contributed by atoms with E-state index < -0.39 is 5.97 Å². The summed E-state index contributed by atoms with van der Waals surface area (Å²) in [6.07, 6.45) is 13.0. The van der Waals surface area contributed by atoms with Gasteiger partial charge in [-0.05, 0) is 50.5 Å². The van der Waals surface area contributed by atoms with Gasteiger partial charge in [-0.15, -0.1) is 37.8 Å². The van der Waals surface area contributed by atoms with Crippen molar-refractivity contribution in [2.24, 2.45) is 5.92 Å². The molecule has 0 aliphatic heterocycles. The highest BCUT2D eigenvalue weighted by Gasteiger charge is 2.18. The van der Waals surface area contributed by atoms with Gasteiger partial charge in [-0.2, -0.15) is 0 Å². The molecule has 32 heavy (non-hydrogen) atoms. The standard InChI is InChI=1S/C20H27NO3S.C3H6.C2H6.C2H2/c1-6-14(3)11-12-25-19(17(7-2)20(23)24-5)21-18(22)16-10-8-9-15(4)13-16;1-3-2;2*1-2/h6,8-10,13-14H,1,7,11-12H2,2-5H3,(H,21,22);3H,1H2,2H3;1-2H3;1-2H/b19-17+;;;. The Morgan fingerprint density at radius 1 is 1.25 bits per heavy atom. The van der Waals surface area contributed by atoms with Crippen molar-refractivity contribution in [3.8, 4) is 12.8 Å². The molecule has 1 rings (SSSR count). The summed E-state index contributed by atoms with van der Waals surface area (Å²) in [6.45, 7) is 18.9. The summed E-state index contributed by atoms with van der Waals surface area (Å²) in [4.78, 5) is 24.6. The van der Waals surface area contributed by atoms with Crippen molar-refractivity contribution in [2.75, 3.05) is 12.9 Å². The molecule has 1 N–H and O–H groups in total. The molecule has 178 valence electrons. The summed E-state index contributed by atoms with van der Waals surface area (Å²) in [6, 6.07) is 7.35. The Kier molecular flexibility index (Phi) is 24.3. The molecule has 0 radical (unpaired) electrons. The van der Waals surface area contributed by atoms with Crippen LogP contribution in [0.15, 0.2) is 60.2 Å². The molecular formula is C27H41NO3S. The number of amides is 1.